The Labute approximate surface area is 122 Å². The van der Waals surface area contributed by atoms with Gasteiger partial charge in [0.15, 0.2) is 0 Å². The van der Waals surface area contributed by atoms with Gasteiger partial charge in [-0.05, 0) is 49.3 Å². The van der Waals surface area contributed by atoms with Crippen LogP contribution in [0.25, 0.3) is 0 Å². The summed E-state index contributed by atoms with van der Waals surface area (Å²) in [7, 11) is 0. The Morgan fingerprint density at radius 1 is 1.10 bits per heavy atom. The Kier molecular flexibility index (Phi) is 4.93. The predicted molar refractivity (Wildman–Crippen MR) is 83.1 cm³/mol. The molecule has 2 heterocycles. The van der Waals surface area contributed by atoms with Crippen LogP contribution in [0.3, 0.4) is 0 Å². The van der Waals surface area contributed by atoms with Gasteiger partial charge in [-0.15, -0.1) is 0 Å². The van der Waals surface area contributed by atoms with Gasteiger partial charge in [0, 0.05) is 38.5 Å². The van der Waals surface area contributed by atoms with E-state index >= 15 is 0 Å². The standard InChI is InChI=1S/C17H26N2O/c1-2-10-19(9-1)17-7-5-15(6-8-17)12-18-13-16-4-3-11-20-14-16/h5-8,16,18H,1-4,9-14H2. The third kappa shape index (κ3) is 3.74. The van der Waals surface area contributed by atoms with Gasteiger partial charge >= 0.3 is 0 Å². The molecule has 1 aromatic rings. The molecular formula is C17H26N2O. The average Bonchev–Trinajstić information content (AvgIpc) is 3.03. The zero-order valence-electron chi connectivity index (χ0n) is 12.3. The number of hydrogen-bond acceptors (Lipinski definition) is 3. The highest BCUT2D eigenvalue weighted by Crippen LogP contribution is 2.20. The van der Waals surface area contributed by atoms with Crippen LogP contribution in [0.1, 0.15) is 31.2 Å². The van der Waals surface area contributed by atoms with Gasteiger partial charge in [-0.25, -0.2) is 0 Å². The molecule has 1 aromatic carbocycles. The molecule has 0 saturated carbocycles. The van der Waals surface area contributed by atoms with Crippen molar-refractivity contribution in [2.24, 2.45) is 5.92 Å². The molecule has 0 bridgehead atoms. The minimum Gasteiger partial charge on any atom is -0.381 e. The summed E-state index contributed by atoms with van der Waals surface area (Å²) < 4.78 is 5.51. The molecule has 1 N–H and O–H groups in total. The first kappa shape index (κ1) is 13.9. The van der Waals surface area contributed by atoms with Crippen LogP contribution in [-0.2, 0) is 11.3 Å². The van der Waals surface area contributed by atoms with Gasteiger partial charge in [-0.1, -0.05) is 12.1 Å². The van der Waals surface area contributed by atoms with Crippen molar-refractivity contribution >= 4 is 5.69 Å². The van der Waals surface area contributed by atoms with Crippen molar-refractivity contribution in [2.75, 3.05) is 37.7 Å². The van der Waals surface area contributed by atoms with Crippen LogP contribution in [0.4, 0.5) is 5.69 Å². The quantitative estimate of drug-likeness (QED) is 0.893. The molecule has 1 atom stereocenters. The lowest BCUT2D eigenvalue weighted by molar-refractivity contribution is 0.0547. The Balaban J connectivity index is 1.43. The molecule has 3 rings (SSSR count). The Morgan fingerprint density at radius 2 is 1.90 bits per heavy atom. The van der Waals surface area contributed by atoms with E-state index in [2.05, 4.69) is 34.5 Å². The summed E-state index contributed by atoms with van der Waals surface area (Å²) in [6.07, 6.45) is 5.21. The fourth-order valence-corrected chi connectivity index (χ4v) is 3.19. The SMILES string of the molecule is c1cc(N2CCCC2)ccc1CNCC1CCCOC1. The Bertz CT molecular complexity index is 392. The van der Waals surface area contributed by atoms with Crippen molar-refractivity contribution in [3.63, 3.8) is 0 Å². The predicted octanol–water partition coefficient (Wildman–Crippen LogP) is 2.80. The molecule has 0 spiro atoms. The first-order valence-corrected chi connectivity index (χ1v) is 8.04. The van der Waals surface area contributed by atoms with E-state index in [1.807, 2.05) is 0 Å². The number of ether oxygens (including phenoxy) is 1. The van der Waals surface area contributed by atoms with Gasteiger partial charge in [-0.2, -0.15) is 0 Å². The average molecular weight is 274 g/mol. The summed E-state index contributed by atoms with van der Waals surface area (Å²) in [5.74, 6) is 0.702. The maximum atomic E-state index is 5.51. The molecule has 2 aliphatic rings. The molecule has 20 heavy (non-hydrogen) atoms. The third-order valence-electron chi connectivity index (χ3n) is 4.42. The topological polar surface area (TPSA) is 24.5 Å². The van der Waals surface area contributed by atoms with Gasteiger partial charge in [0.05, 0.1) is 6.61 Å². The van der Waals surface area contributed by atoms with E-state index in [0.29, 0.717) is 5.92 Å². The van der Waals surface area contributed by atoms with E-state index in [1.165, 1.54) is 50.0 Å². The molecule has 3 heteroatoms. The van der Waals surface area contributed by atoms with Gasteiger partial charge < -0.3 is 15.0 Å². The summed E-state index contributed by atoms with van der Waals surface area (Å²) in [6.45, 7) is 6.37. The van der Waals surface area contributed by atoms with E-state index in [9.17, 15) is 0 Å². The van der Waals surface area contributed by atoms with E-state index in [4.69, 9.17) is 4.74 Å². The van der Waals surface area contributed by atoms with Gasteiger partial charge in [-0.3, -0.25) is 0 Å². The normalized spacial score (nSPS) is 23.2. The van der Waals surface area contributed by atoms with Gasteiger partial charge in [0.25, 0.3) is 0 Å². The van der Waals surface area contributed by atoms with Crippen LogP contribution >= 0.6 is 0 Å². The number of anilines is 1. The Hall–Kier alpha value is -1.06. The Morgan fingerprint density at radius 3 is 2.60 bits per heavy atom. The van der Waals surface area contributed by atoms with E-state index < -0.39 is 0 Å². The molecule has 3 nitrogen and oxygen atoms in total. The van der Waals surface area contributed by atoms with E-state index in [-0.39, 0.29) is 0 Å². The minimum absolute atomic E-state index is 0.702. The molecule has 0 amide bonds. The van der Waals surface area contributed by atoms with Crippen LogP contribution in [0.15, 0.2) is 24.3 Å². The second kappa shape index (κ2) is 7.09. The maximum absolute atomic E-state index is 5.51. The largest absolute Gasteiger partial charge is 0.381 e. The van der Waals surface area contributed by atoms with Gasteiger partial charge in [0.2, 0.25) is 0 Å². The van der Waals surface area contributed by atoms with Crippen LogP contribution in [-0.4, -0.2) is 32.8 Å². The fraction of sp³-hybridized carbons (Fsp3) is 0.647. The molecule has 2 aliphatic heterocycles. The molecular weight excluding hydrogens is 248 g/mol. The summed E-state index contributed by atoms with van der Waals surface area (Å²) in [5, 5.41) is 3.57. The fourth-order valence-electron chi connectivity index (χ4n) is 3.19. The summed E-state index contributed by atoms with van der Waals surface area (Å²) in [5.41, 5.74) is 2.76. The number of rotatable bonds is 5. The number of nitrogens with zero attached hydrogens (tertiary/aromatic N) is 1. The highest BCUT2D eigenvalue weighted by molar-refractivity contribution is 5.48. The van der Waals surface area contributed by atoms with Crippen molar-refractivity contribution < 1.29 is 4.74 Å². The summed E-state index contributed by atoms with van der Waals surface area (Å²) in [6, 6.07) is 9.06. The van der Waals surface area contributed by atoms with Gasteiger partial charge in [0.1, 0.15) is 0 Å². The zero-order valence-corrected chi connectivity index (χ0v) is 12.3. The lowest BCUT2D eigenvalue weighted by Gasteiger charge is -2.22. The van der Waals surface area contributed by atoms with Crippen molar-refractivity contribution in [2.45, 2.75) is 32.2 Å². The highest BCUT2D eigenvalue weighted by Gasteiger charge is 2.13. The van der Waals surface area contributed by atoms with E-state index in [1.54, 1.807) is 0 Å². The lowest BCUT2D eigenvalue weighted by Crippen LogP contribution is -2.28. The van der Waals surface area contributed by atoms with Crippen LogP contribution in [0, 0.1) is 5.92 Å². The van der Waals surface area contributed by atoms with Crippen LogP contribution < -0.4 is 10.2 Å². The molecule has 2 fully saturated rings. The van der Waals surface area contributed by atoms with Crippen molar-refractivity contribution in [3.05, 3.63) is 29.8 Å². The first-order chi connectivity index (χ1) is 9.92. The van der Waals surface area contributed by atoms with Crippen molar-refractivity contribution in [3.8, 4) is 0 Å². The zero-order chi connectivity index (χ0) is 13.6. The number of hydrogen-bond donors (Lipinski definition) is 1. The molecule has 2 saturated heterocycles. The van der Waals surface area contributed by atoms with Crippen LogP contribution in [0.5, 0.6) is 0 Å². The summed E-state index contributed by atoms with van der Waals surface area (Å²) >= 11 is 0. The highest BCUT2D eigenvalue weighted by atomic mass is 16.5. The summed E-state index contributed by atoms with van der Waals surface area (Å²) in [4.78, 5) is 2.48. The first-order valence-electron chi connectivity index (χ1n) is 8.04. The third-order valence-corrected chi connectivity index (χ3v) is 4.42. The number of nitrogens with one attached hydrogen (secondary N) is 1. The van der Waals surface area contributed by atoms with Crippen LogP contribution in [0.2, 0.25) is 0 Å². The monoisotopic (exact) mass is 274 g/mol. The lowest BCUT2D eigenvalue weighted by atomic mass is 10.0. The maximum Gasteiger partial charge on any atom is 0.0506 e. The molecule has 0 aromatic heterocycles. The second-order valence-electron chi connectivity index (χ2n) is 6.07. The molecule has 0 radical (unpaired) electrons. The smallest absolute Gasteiger partial charge is 0.0506 e. The minimum atomic E-state index is 0.702. The van der Waals surface area contributed by atoms with E-state index in [0.717, 1.165) is 26.3 Å². The molecule has 1 unspecified atom stereocenters. The molecule has 0 aliphatic carbocycles. The molecule has 110 valence electrons. The van der Waals surface area contributed by atoms with Crippen molar-refractivity contribution in [1.82, 2.24) is 5.32 Å². The number of benzene rings is 1. The van der Waals surface area contributed by atoms with Crippen molar-refractivity contribution in [1.29, 1.82) is 0 Å². The second-order valence-corrected chi connectivity index (χ2v) is 6.07.